The van der Waals surface area contributed by atoms with Crippen molar-refractivity contribution in [2.75, 3.05) is 19.0 Å². The molecule has 5 atom stereocenters. The third kappa shape index (κ3) is 3.51. The zero-order valence-corrected chi connectivity index (χ0v) is 16.0. The zero-order chi connectivity index (χ0) is 20.5. The number of hydrogen-bond donors (Lipinski definition) is 4. The van der Waals surface area contributed by atoms with E-state index in [9.17, 15) is 15.3 Å². The number of nitrogens with zero attached hydrogens (tertiary/aromatic N) is 4. The summed E-state index contributed by atoms with van der Waals surface area (Å²) in [5, 5.41) is 32.9. The first-order valence-electron chi connectivity index (χ1n) is 9.24. The van der Waals surface area contributed by atoms with Gasteiger partial charge in [-0.2, -0.15) is 0 Å². The second kappa shape index (κ2) is 7.91. The molecular formula is C19H23N5O5. The third-order valence-corrected chi connectivity index (χ3v) is 5.10. The lowest BCUT2D eigenvalue weighted by Gasteiger charge is -2.17. The maximum Gasteiger partial charge on any atom is 0.167 e. The standard InChI is InChI=1S/C19H23N5O5/c1-10(11-4-3-5-12(6-11)28-2)23-17-14-18(21-8-20-17)24(9-22-14)19-16(27)15(26)13(7-25)29-19/h3-6,8-10,13,15-16,19,25-27H,7H2,1-2H3,(H,20,21,23)/t10-,13?,15?,16?,19?/m0/s1. The number of hydrogen-bond acceptors (Lipinski definition) is 9. The Kier molecular flexibility index (Phi) is 5.33. The fraction of sp³-hybridized carbons (Fsp3) is 0.421. The molecule has 4 unspecified atom stereocenters. The number of benzene rings is 1. The Hall–Kier alpha value is -2.79. The van der Waals surface area contributed by atoms with Crippen molar-refractivity contribution < 1.29 is 24.8 Å². The first-order chi connectivity index (χ1) is 14.0. The molecule has 0 spiro atoms. The average molecular weight is 401 g/mol. The first kappa shape index (κ1) is 19.5. The molecule has 1 aromatic carbocycles. The summed E-state index contributed by atoms with van der Waals surface area (Å²) in [5.74, 6) is 1.29. The van der Waals surface area contributed by atoms with Crippen LogP contribution >= 0.6 is 0 Å². The number of aromatic nitrogens is 4. The van der Waals surface area contributed by atoms with E-state index in [1.165, 1.54) is 17.2 Å². The van der Waals surface area contributed by atoms with Gasteiger partial charge in [0.1, 0.15) is 30.4 Å². The van der Waals surface area contributed by atoms with Crippen LogP contribution < -0.4 is 10.1 Å². The molecule has 3 aromatic rings. The van der Waals surface area contributed by atoms with Crippen LogP contribution in [-0.4, -0.2) is 66.9 Å². The van der Waals surface area contributed by atoms with E-state index in [0.29, 0.717) is 17.0 Å². The van der Waals surface area contributed by atoms with Gasteiger partial charge in [0.15, 0.2) is 23.2 Å². The van der Waals surface area contributed by atoms with Gasteiger partial charge >= 0.3 is 0 Å². The van der Waals surface area contributed by atoms with Crippen LogP contribution in [0.2, 0.25) is 0 Å². The number of ether oxygens (including phenoxy) is 2. The molecule has 4 rings (SSSR count). The molecule has 1 aliphatic heterocycles. The largest absolute Gasteiger partial charge is 0.497 e. The van der Waals surface area contributed by atoms with Gasteiger partial charge < -0.3 is 30.1 Å². The Labute approximate surface area is 166 Å². The molecule has 0 saturated carbocycles. The minimum Gasteiger partial charge on any atom is -0.497 e. The van der Waals surface area contributed by atoms with Crippen LogP contribution in [0.5, 0.6) is 5.75 Å². The van der Waals surface area contributed by atoms with Gasteiger partial charge in [-0.25, -0.2) is 15.0 Å². The van der Waals surface area contributed by atoms with Gasteiger partial charge in [-0.1, -0.05) is 12.1 Å². The Morgan fingerprint density at radius 1 is 1.24 bits per heavy atom. The molecule has 4 N–H and O–H groups in total. The zero-order valence-electron chi connectivity index (χ0n) is 16.0. The highest BCUT2D eigenvalue weighted by Crippen LogP contribution is 2.32. The van der Waals surface area contributed by atoms with E-state index in [4.69, 9.17) is 9.47 Å². The highest BCUT2D eigenvalue weighted by atomic mass is 16.6. The fourth-order valence-electron chi connectivity index (χ4n) is 3.45. The molecule has 154 valence electrons. The average Bonchev–Trinajstić information content (AvgIpc) is 3.30. The molecule has 3 heterocycles. The summed E-state index contributed by atoms with van der Waals surface area (Å²) in [6, 6.07) is 7.63. The molecule has 10 nitrogen and oxygen atoms in total. The van der Waals surface area contributed by atoms with E-state index in [0.717, 1.165) is 11.3 Å². The summed E-state index contributed by atoms with van der Waals surface area (Å²) in [6.45, 7) is 1.59. The van der Waals surface area contributed by atoms with E-state index < -0.39 is 31.1 Å². The lowest BCUT2D eigenvalue weighted by molar-refractivity contribution is -0.0511. The van der Waals surface area contributed by atoms with Crippen LogP contribution in [0.4, 0.5) is 5.82 Å². The second-order valence-electron chi connectivity index (χ2n) is 6.92. The van der Waals surface area contributed by atoms with Crippen molar-refractivity contribution in [1.82, 2.24) is 19.5 Å². The normalized spacial score (nSPS) is 25.3. The maximum atomic E-state index is 10.3. The molecule has 0 bridgehead atoms. The Balaban J connectivity index is 1.62. The Morgan fingerprint density at radius 2 is 2.07 bits per heavy atom. The number of imidazole rings is 1. The van der Waals surface area contributed by atoms with Crippen LogP contribution in [-0.2, 0) is 4.74 Å². The predicted octanol–water partition coefficient (Wildman–Crippen LogP) is 0.619. The van der Waals surface area contributed by atoms with Crippen molar-refractivity contribution in [3.8, 4) is 5.75 Å². The Bertz CT molecular complexity index is 996. The lowest BCUT2D eigenvalue weighted by atomic mass is 10.1. The Morgan fingerprint density at radius 3 is 2.79 bits per heavy atom. The molecular weight excluding hydrogens is 378 g/mol. The molecule has 1 aliphatic rings. The van der Waals surface area contributed by atoms with Gasteiger partial charge in [0, 0.05) is 0 Å². The van der Waals surface area contributed by atoms with Gasteiger partial charge in [-0.3, -0.25) is 4.57 Å². The molecule has 0 radical (unpaired) electrons. The van der Waals surface area contributed by atoms with Crippen molar-refractivity contribution in [1.29, 1.82) is 0 Å². The minimum absolute atomic E-state index is 0.0812. The third-order valence-electron chi connectivity index (χ3n) is 5.10. The highest BCUT2D eigenvalue weighted by molar-refractivity contribution is 5.82. The summed E-state index contributed by atoms with van der Waals surface area (Å²) >= 11 is 0. The van der Waals surface area contributed by atoms with Crippen LogP contribution in [0.3, 0.4) is 0 Å². The van der Waals surface area contributed by atoms with Gasteiger partial charge in [0.2, 0.25) is 0 Å². The number of nitrogens with one attached hydrogen (secondary N) is 1. The molecule has 0 amide bonds. The van der Waals surface area contributed by atoms with Crippen molar-refractivity contribution in [3.05, 3.63) is 42.5 Å². The van der Waals surface area contributed by atoms with Crippen LogP contribution in [0, 0.1) is 0 Å². The highest BCUT2D eigenvalue weighted by Gasteiger charge is 2.44. The quantitative estimate of drug-likeness (QED) is 0.469. The molecule has 1 saturated heterocycles. The lowest BCUT2D eigenvalue weighted by Crippen LogP contribution is -2.33. The molecule has 0 aliphatic carbocycles. The van der Waals surface area contributed by atoms with Crippen LogP contribution in [0.15, 0.2) is 36.9 Å². The summed E-state index contributed by atoms with van der Waals surface area (Å²) in [6.07, 6.45) is -1.34. The van der Waals surface area contributed by atoms with Crippen molar-refractivity contribution >= 4 is 17.0 Å². The summed E-state index contributed by atoms with van der Waals surface area (Å²) in [5.41, 5.74) is 1.95. The number of aliphatic hydroxyl groups excluding tert-OH is 3. The SMILES string of the molecule is COc1cccc([C@H](C)Nc2ncnc3c2ncn3C2OC(CO)C(O)C2O)c1. The van der Waals surface area contributed by atoms with E-state index in [1.54, 1.807) is 7.11 Å². The second-order valence-corrected chi connectivity index (χ2v) is 6.92. The smallest absolute Gasteiger partial charge is 0.167 e. The first-order valence-corrected chi connectivity index (χ1v) is 9.24. The molecule has 1 fully saturated rings. The monoisotopic (exact) mass is 401 g/mol. The summed E-state index contributed by atoms with van der Waals surface area (Å²) < 4.78 is 12.4. The van der Waals surface area contributed by atoms with Gasteiger partial charge in [-0.05, 0) is 24.6 Å². The van der Waals surface area contributed by atoms with Gasteiger partial charge in [0.25, 0.3) is 0 Å². The number of anilines is 1. The molecule has 2 aromatic heterocycles. The van der Waals surface area contributed by atoms with E-state index in [-0.39, 0.29) is 6.04 Å². The summed E-state index contributed by atoms with van der Waals surface area (Å²) in [4.78, 5) is 12.9. The number of fused-ring (bicyclic) bond motifs is 1. The minimum atomic E-state index is -1.22. The maximum absolute atomic E-state index is 10.3. The van der Waals surface area contributed by atoms with Crippen molar-refractivity contribution in [2.24, 2.45) is 0 Å². The topological polar surface area (TPSA) is 135 Å². The molecule has 10 heteroatoms. The summed E-state index contributed by atoms with van der Waals surface area (Å²) in [7, 11) is 1.62. The van der Waals surface area contributed by atoms with Crippen molar-refractivity contribution in [3.63, 3.8) is 0 Å². The number of aliphatic hydroxyl groups is 3. The number of rotatable bonds is 6. The van der Waals surface area contributed by atoms with E-state index in [1.807, 2.05) is 31.2 Å². The number of methoxy groups -OCH3 is 1. The van der Waals surface area contributed by atoms with E-state index in [2.05, 4.69) is 20.3 Å². The predicted molar refractivity (Wildman–Crippen MR) is 103 cm³/mol. The van der Waals surface area contributed by atoms with Gasteiger partial charge in [0.05, 0.1) is 26.1 Å². The van der Waals surface area contributed by atoms with Gasteiger partial charge in [-0.15, -0.1) is 0 Å². The molecule has 29 heavy (non-hydrogen) atoms. The van der Waals surface area contributed by atoms with Crippen LogP contribution in [0.25, 0.3) is 11.2 Å². The van der Waals surface area contributed by atoms with Crippen molar-refractivity contribution in [2.45, 2.75) is 37.5 Å². The fourth-order valence-corrected chi connectivity index (χ4v) is 3.45. The van der Waals surface area contributed by atoms with Crippen LogP contribution in [0.1, 0.15) is 24.8 Å². The van der Waals surface area contributed by atoms with E-state index >= 15 is 0 Å².